The van der Waals surface area contributed by atoms with E-state index in [0.29, 0.717) is 5.92 Å². The van der Waals surface area contributed by atoms with Crippen LogP contribution in [0, 0.1) is 13.8 Å². The fraction of sp³-hybridized carbons (Fsp3) is 0.500. The number of hydrogen-bond acceptors (Lipinski definition) is 2. The molecule has 0 atom stereocenters. The van der Waals surface area contributed by atoms with Crippen LogP contribution >= 0.6 is 0 Å². The van der Waals surface area contributed by atoms with Crippen molar-refractivity contribution in [2.75, 3.05) is 7.11 Å². The van der Waals surface area contributed by atoms with Crippen LogP contribution in [-0.2, 0) is 0 Å². The molecule has 20 heavy (non-hydrogen) atoms. The Labute approximate surface area is 121 Å². The molecule has 0 saturated heterocycles. The summed E-state index contributed by atoms with van der Waals surface area (Å²) in [5, 5.41) is 1.22. The second-order valence-corrected chi connectivity index (χ2v) is 6.06. The molecule has 2 nitrogen and oxygen atoms in total. The number of aryl methyl sites for hydroxylation is 2. The first-order valence-electron chi connectivity index (χ1n) is 7.65. The van der Waals surface area contributed by atoms with E-state index in [2.05, 4.69) is 32.0 Å². The highest BCUT2D eigenvalue weighted by atomic mass is 16.5. The molecular formula is C18H23NO. The molecule has 1 heterocycles. The molecule has 1 aliphatic rings. The van der Waals surface area contributed by atoms with Crippen LogP contribution in [0.15, 0.2) is 18.2 Å². The molecule has 1 aromatic carbocycles. The van der Waals surface area contributed by atoms with Crippen LogP contribution in [0.2, 0.25) is 0 Å². The van der Waals surface area contributed by atoms with Crippen molar-refractivity contribution in [2.45, 2.75) is 51.9 Å². The Kier molecular flexibility index (Phi) is 3.64. The number of aromatic nitrogens is 1. The summed E-state index contributed by atoms with van der Waals surface area (Å²) in [6.45, 7) is 4.30. The molecule has 0 spiro atoms. The molecule has 0 radical (unpaired) electrons. The Bertz CT molecular complexity index is 627. The van der Waals surface area contributed by atoms with E-state index in [1.165, 1.54) is 54.3 Å². The van der Waals surface area contributed by atoms with Crippen molar-refractivity contribution in [3.8, 4) is 5.75 Å². The summed E-state index contributed by atoms with van der Waals surface area (Å²) >= 11 is 0. The summed E-state index contributed by atoms with van der Waals surface area (Å²) in [6.07, 6.45) is 6.63. The molecule has 0 aliphatic heterocycles. The second-order valence-electron chi connectivity index (χ2n) is 6.06. The van der Waals surface area contributed by atoms with Crippen molar-refractivity contribution in [2.24, 2.45) is 0 Å². The summed E-state index contributed by atoms with van der Waals surface area (Å²) in [5.41, 5.74) is 4.83. The first-order valence-corrected chi connectivity index (χ1v) is 7.65. The average Bonchev–Trinajstić information content (AvgIpc) is 2.48. The van der Waals surface area contributed by atoms with Crippen LogP contribution in [0.1, 0.15) is 54.8 Å². The van der Waals surface area contributed by atoms with Gasteiger partial charge in [0.25, 0.3) is 0 Å². The largest absolute Gasteiger partial charge is 0.494 e. The molecule has 3 rings (SSSR count). The second kappa shape index (κ2) is 5.43. The van der Waals surface area contributed by atoms with Crippen molar-refractivity contribution >= 4 is 10.9 Å². The molecule has 0 amide bonds. The third-order valence-electron chi connectivity index (χ3n) is 4.49. The average molecular weight is 269 g/mol. The zero-order valence-electron chi connectivity index (χ0n) is 12.7. The minimum absolute atomic E-state index is 0.637. The zero-order valence-corrected chi connectivity index (χ0v) is 12.7. The fourth-order valence-corrected chi connectivity index (χ4v) is 3.39. The number of nitrogens with zero attached hydrogens (tertiary/aromatic N) is 1. The highest BCUT2D eigenvalue weighted by Gasteiger charge is 2.19. The summed E-state index contributed by atoms with van der Waals surface area (Å²) in [4.78, 5) is 4.95. The van der Waals surface area contributed by atoms with Gasteiger partial charge in [-0.05, 0) is 56.0 Å². The smallest absolute Gasteiger partial charge is 0.145 e. The van der Waals surface area contributed by atoms with E-state index >= 15 is 0 Å². The number of rotatable bonds is 2. The molecule has 0 unspecified atom stereocenters. The molecule has 1 aliphatic carbocycles. The van der Waals surface area contributed by atoms with E-state index in [4.69, 9.17) is 9.72 Å². The Morgan fingerprint density at radius 2 is 1.80 bits per heavy atom. The van der Waals surface area contributed by atoms with Gasteiger partial charge in [0.1, 0.15) is 11.3 Å². The van der Waals surface area contributed by atoms with Crippen LogP contribution in [0.5, 0.6) is 5.75 Å². The minimum Gasteiger partial charge on any atom is -0.494 e. The normalized spacial score (nSPS) is 16.6. The lowest BCUT2D eigenvalue weighted by atomic mass is 9.86. The quantitative estimate of drug-likeness (QED) is 0.773. The first-order chi connectivity index (χ1) is 9.69. The molecule has 1 saturated carbocycles. The number of ether oxygens (including phenoxy) is 1. The SMILES string of the molecule is COc1cc(C)cc2c(C)cc(C3CCCCC3)nc12. The lowest BCUT2D eigenvalue weighted by Gasteiger charge is -2.22. The monoisotopic (exact) mass is 269 g/mol. The highest BCUT2D eigenvalue weighted by Crippen LogP contribution is 2.35. The lowest BCUT2D eigenvalue weighted by molar-refractivity contribution is 0.417. The van der Waals surface area contributed by atoms with Crippen LogP contribution in [-0.4, -0.2) is 12.1 Å². The highest BCUT2D eigenvalue weighted by molar-refractivity contribution is 5.88. The molecule has 1 aromatic heterocycles. The van der Waals surface area contributed by atoms with E-state index in [1.807, 2.05) is 0 Å². The molecule has 0 N–H and O–H groups in total. The van der Waals surface area contributed by atoms with E-state index in [-0.39, 0.29) is 0 Å². The predicted octanol–water partition coefficient (Wildman–Crippen LogP) is 4.91. The van der Waals surface area contributed by atoms with Crippen LogP contribution in [0.3, 0.4) is 0 Å². The maximum absolute atomic E-state index is 5.54. The van der Waals surface area contributed by atoms with Gasteiger partial charge in [-0.25, -0.2) is 4.98 Å². The van der Waals surface area contributed by atoms with Crippen LogP contribution in [0.4, 0.5) is 0 Å². The summed E-state index contributed by atoms with van der Waals surface area (Å²) < 4.78 is 5.54. The topological polar surface area (TPSA) is 22.1 Å². The maximum Gasteiger partial charge on any atom is 0.145 e. The number of pyridine rings is 1. The Balaban J connectivity index is 2.14. The number of fused-ring (bicyclic) bond motifs is 1. The molecule has 0 bridgehead atoms. The van der Waals surface area contributed by atoms with Crippen molar-refractivity contribution < 1.29 is 4.74 Å². The zero-order chi connectivity index (χ0) is 14.1. The van der Waals surface area contributed by atoms with Gasteiger partial charge < -0.3 is 4.74 Å². The summed E-state index contributed by atoms with van der Waals surface area (Å²) in [6, 6.07) is 6.58. The van der Waals surface area contributed by atoms with E-state index < -0.39 is 0 Å². The van der Waals surface area contributed by atoms with Gasteiger partial charge in [-0.2, -0.15) is 0 Å². The summed E-state index contributed by atoms with van der Waals surface area (Å²) in [7, 11) is 1.73. The Hall–Kier alpha value is -1.57. The van der Waals surface area contributed by atoms with Crippen LogP contribution in [0.25, 0.3) is 10.9 Å². The van der Waals surface area contributed by atoms with Gasteiger partial charge in [-0.3, -0.25) is 0 Å². The van der Waals surface area contributed by atoms with Crippen molar-refractivity contribution in [1.29, 1.82) is 0 Å². The third-order valence-corrected chi connectivity index (χ3v) is 4.49. The third kappa shape index (κ3) is 2.39. The van der Waals surface area contributed by atoms with Gasteiger partial charge in [0.15, 0.2) is 0 Å². The molecular weight excluding hydrogens is 246 g/mol. The lowest BCUT2D eigenvalue weighted by Crippen LogP contribution is -2.07. The van der Waals surface area contributed by atoms with Gasteiger partial charge in [0, 0.05) is 17.0 Å². The fourth-order valence-electron chi connectivity index (χ4n) is 3.39. The minimum atomic E-state index is 0.637. The molecule has 106 valence electrons. The number of methoxy groups -OCH3 is 1. The van der Waals surface area contributed by atoms with Crippen molar-refractivity contribution in [3.05, 3.63) is 35.0 Å². The van der Waals surface area contributed by atoms with Gasteiger partial charge >= 0.3 is 0 Å². The van der Waals surface area contributed by atoms with E-state index in [9.17, 15) is 0 Å². The molecule has 2 heteroatoms. The van der Waals surface area contributed by atoms with Crippen molar-refractivity contribution in [1.82, 2.24) is 4.98 Å². The van der Waals surface area contributed by atoms with Gasteiger partial charge in [-0.1, -0.05) is 19.3 Å². The Morgan fingerprint density at radius 3 is 2.50 bits per heavy atom. The van der Waals surface area contributed by atoms with E-state index in [1.54, 1.807) is 7.11 Å². The van der Waals surface area contributed by atoms with Crippen molar-refractivity contribution in [3.63, 3.8) is 0 Å². The van der Waals surface area contributed by atoms with Gasteiger partial charge in [0.05, 0.1) is 7.11 Å². The predicted molar refractivity (Wildman–Crippen MR) is 83.6 cm³/mol. The number of benzene rings is 1. The number of hydrogen-bond donors (Lipinski definition) is 0. The van der Waals surface area contributed by atoms with Gasteiger partial charge in [-0.15, -0.1) is 0 Å². The summed E-state index contributed by atoms with van der Waals surface area (Å²) in [5.74, 6) is 1.54. The molecule has 1 fully saturated rings. The van der Waals surface area contributed by atoms with Crippen LogP contribution < -0.4 is 4.74 Å². The standard InChI is InChI=1S/C18H23NO/c1-12-9-15-13(2)11-16(14-7-5-4-6-8-14)19-18(15)17(10-12)20-3/h9-11,14H,4-8H2,1-3H3. The molecule has 2 aromatic rings. The first kappa shape index (κ1) is 13.4. The van der Waals surface area contributed by atoms with Gasteiger partial charge in [0.2, 0.25) is 0 Å². The van der Waals surface area contributed by atoms with E-state index in [0.717, 1.165) is 11.3 Å². The maximum atomic E-state index is 5.54. The Morgan fingerprint density at radius 1 is 1.05 bits per heavy atom.